The lowest BCUT2D eigenvalue weighted by Gasteiger charge is -2.08. The molecule has 0 saturated carbocycles. The van der Waals surface area contributed by atoms with Gasteiger partial charge in [-0.3, -0.25) is 4.79 Å². The quantitative estimate of drug-likeness (QED) is 0.913. The molecule has 0 atom stereocenters. The fraction of sp³-hybridized carbons (Fsp3) is 0.0714. The van der Waals surface area contributed by atoms with E-state index in [1.165, 1.54) is 18.3 Å². The maximum atomic E-state index is 13.0. The van der Waals surface area contributed by atoms with E-state index in [4.69, 9.17) is 16.9 Å². The van der Waals surface area contributed by atoms with Crippen molar-refractivity contribution in [3.8, 4) is 6.07 Å². The van der Waals surface area contributed by atoms with Crippen LogP contribution in [-0.4, -0.2) is 17.9 Å². The van der Waals surface area contributed by atoms with Crippen LogP contribution in [0.4, 0.5) is 15.9 Å². The number of halogens is 2. The summed E-state index contributed by atoms with van der Waals surface area (Å²) in [5, 5.41) is 14.5. The maximum Gasteiger partial charge on any atom is 0.257 e. The molecule has 1 heterocycles. The number of rotatable bonds is 3. The summed E-state index contributed by atoms with van der Waals surface area (Å²) in [6.45, 7) is 0. The van der Waals surface area contributed by atoms with Gasteiger partial charge >= 0.3 is 0 Å². The van der Waals surface area contributed by atoms with Crippen LogP contribution in [0.2, 0.25) is 5.02 Å². The summed E-state index contributed by atoms with van der Waals surface area (Å²) in [4.78, 5) is 16.1. The third-order valence-corrected chi connectivity index (χ3v) is 2.98. The van der Waals surface area contributed by atoms with E-state index in [-0.39, 0.29) is 16.8 Å². The van der Waals surface area contributed by atoms with Crippen molar-refractivity contribution >= 4 is 29.0 Å². The molecule has 2 N–H and O–H groups in total. The zero-order valence-corrected chi connectivity index (χ0v) is 11.7. The van der Waals surface area contributed by atoms with Crippen LogP contribution in [0.5, 0.6) is 0 Å². The van der Waals surface area contributed by atoms with Crippen molar-refractivity contribution in [1.29, 1.82) is 5.26 Å². The molecule has 1 aromatic heterocycles. The number of amides is 1. The minimum absolute atomic E-state index is 0.0363. The molecular weight excluding hydrogens is 295 g/mol. The Hall–Kier alpha value is -2.65. The van der Waals surface area contributed by atoms with Crippen molar-refractivity contribution in [2.24, 2.45) is 0 Å². The lowest BCUT2D eigenvalue weighted by molar-refractivity contribution is 0.102. The minimum Gasteiger partial charge on any atom is -0.372 e. The van der Waals surface area contributed by atoms with Gasteiger partial charge in [0.15, 0.2) is 0 Å². The molecule has 1 aromatic carbocycles. The number of nitrogens with one attached hydrogen (secondary N) is 2. The number of pyridine rings is 1. The molecule has 21 heavy (non-hydrogen) atoms. The number of carbonyl (C=O) groups is 1. The van der Waals surface area contributed by atoms with Gasteiger partial charge < -0.3 is 10.6 Å². The molecule has 0 radical (unpaired) electrons. The monoisotopic (exact) mass is 304 g/mol. The highest BCUT2D eigenvalue weighted by Crippen LogP contribution is 2.21. The Morgan fingerprint density at radius 3 is 2.81 bits per heavy atom. The molecule has 0 unspecified atom stereocenters. The highest BCUT2D eigenvalue weighted by atomic mass is 35.5. The predicted octanol–water partition coefficient (Wildman–Crippen LogP) is 3.04. The lowest BCUT2D eigenvalue weighted by Crippen LogP contribution is -2.13. The van der Waals surface area contributed by atoms with Crippen LogP contribution in [0.3, 0.4) is 0 Å². The second-order valence-corrected chi connectivity index (χ2v) is 4.47. The summed E-state index contributed by atoms with van der Waals surface area (Å²) in [5.74, 6) is -0.587. The number of nitriles is 1. The van der Waals surface area contributed by atoms with E-state index in [0.717, 1.165) is 12.1 Å². The number of anilines is 2. The average molecular weight is 305 g/mol. The first-order valence-electron chi connectivity index (χ1n) is 5.89. The van der Waals surface area contributed by atoms with Crippen LogP contribution in [0.15, 0.2) is 30.5 Å². The number of carbonyl (C=O) groups excluding carboxylic acids is 1. The van der Waals surface area contributed by atoms with Gasteiger partial charge in [0, 0.05) is 13.2 Å². The largest absolute Gasteiger partial charge is 0.372 e. The van der Waals surface area contributed by atoms with Gasteiger partial charge in [-0.25, -0.2) is 9.37 Å². The first kappa shape index (κ1) is 14.8. The first-order valence-corrected chi connectivity index (χ1v) is 6.27. The molecule has 7 heteroatoms. The molecule has 5 nitrogen and oxygen atoms in total. The summed E-state index contributed by atoms with van der Waals surface area (Å²) in [7, 11) is 1.66. The molecule has 0 aliphatic carbocycles. The Morgan fingerprint density at radius 1 is 1.43 bits per heavy atom. The molecule has 1 amide bonds. The van der Waals surface area contributed by atoms with Crippen LogP contribution in [0, 0.1) is 17.1 Å². The average Bonchev–Trinajstić information content (AvgIpc) is 2.48. The van der Waals surface area contributed by atoms with Gasteiger partial charge in [-0.1, -0.05) is 11.6 Å². The molecule has 2 rings (SSSR count). The van der Waals surface area contributed by atoms with Crippen molar-refractivity contribution in [1.82, 2.24) is 4.98 Å². The second kappa shape index (κ2) is 6.20. The number of benzene rings is 1. The van der Waals surface area contributed by atoms with E-state index in [1.54, 1.807) is 7.05 Å². The summed E-state index contributed by atoms with van der Waals surface area (Å²) in [5.41, 5.74) is 0.485. The summed E-state index contributed by atoms with van der Waals surface area (Å²) in [6, 6.07) is 6.79. The molecule has 2 aromatic rings. The number of hydrogen-bond donors (Lipinski definition) is 2. The number of nitrogens with zero attached hydrogens (tertiary/aromatic N) is 2. The highest BCUT2D eigenvalue weighted by molar-refractivity contribution is 6.33. The predicted molar refractivity (Wildman–Crippen MR) is 77.9 cm³/mol. The molecular formula is C14H10ClFN4O. The SMILES string of the molecule is CNc1ncc(C(=O)Nc2ccc(F)cc2C#N)cc1Cl. The molecule has 0 aliphatic rings. The zero-order valence-electron chi connectivity index (χ0n) is 10.9. The van der Waals surface area contributed by atoms with E-state index < -0.39 is 11.7 Å². The van der Waals surface area contributed by atoms with Crippen molar-refractivity contribution in [2.75, 3.05) is 17.7 Å². The van der Waals surface area contributed by atoms with Gasteiger partial charge in [-0.2, -0.15) is 5.26 Å². The Balaban J connectivity index is 2.26. The van der Waals surface area contributed by atoms with E-state index in [1.807, 2.05) is 6.07 Å². The van der Waals surface area contributed by atoms with Gasteiger partial charge in [0.2, 0.25) is 0 Å². The van der Waals surface area contributed by atoms with Crippen LogP contribution in [0.25, 0.3) is 0 Å². The Labute approximate surface area is 125 Å². The van der Waals surface area contributed by atoms with E-state index in [0.29, 0.717) is 10.8 Å². The number of aromatic nitrogens is 1. The standard InChI is InChI=1S/C14H10ClFN4O/c1-18-13-11(15)5-9(7-19-13)14(21)20-12-3-2-10(16)4-8(12)6-17/h2-5,7H,1H3,(H,18,19)(H,20,21). The lowest BCUT2D eigenvalue weighted by atomic mass is 10.1. The van der Waals surface area contributed by atoms with E-state index >= 15 is 0 Å². The Bertz CT molecular complexity index is 742. The van der Waals surface area contributed by atoms with Gasteiger partial charge in [-0.05, 0) is 24.3 Å². The summed E-state index contributed by atoms with van der Waals surface area (Å²) in [6.07, 6.45) is 1.35. The summed E-state index contributed by atoms with van der Waals surface area (Å²) >= 11 is 5.95. The minimum atomic E-state index is -0.548. The third kappa shape index (κ3) is 3.27. The second-order valence-electron chi connectivity index (χ2n) is 4.06. The fourth-order valence-electron chi connectivity index (χ4n) is 1.66. The van der Waals surface area contributed by atoms with E-state index in [2.05, 4.69) is 15.6 Å². The molecule has 0 aliphatic heterocycles. The maximum absolute atomic E-state index is 13.0. The highest BCUT2D eigenvalue weighted by Gasteiger charge is 2.12. The van der Waals surface area contributed by atoms with Gasteiger partial charge in [0.05, 0.1) is 21.8 Å². The van der Waals surface area contributed by atoms with Gasteiger partial charge in [-0.15, -0.1) is 0 Å². The van der Waals surface area contributed by atoms with Gasteiger partial charge in [0.1, 0.15) is 17.7 Å². The van der Waals surface area contributed by atoms with E-state index in [9.17, 15) is 9.18 Å². The van der Waals surface area contributed by atoms with Crippen LogP contribution in [-0.2, 0) is 0 Å². The van der Waals surface area contributed by atoms with Crippen LogP contribution < -0.4 is 10.6 Å². The summed E-state index contributed by atoms with van der Waals surface area (Å²) < 4.78 is 13.0. The molecule has 0 spiro atoms. The molecule has 0 bridgehead atoms. The Kier molecular flexibility index (Phi) is 4.36. The van der Waals surface area contributed by atoms with Crippen molar-refractivity contribution in [2.45, 2.75) is 0 Å². The van der Waals surface area contributed by atoms with Crippen LogP contribution >= 0.6 is 11.6 Å². The number of hydrogen-bond acceptors (Lipinski definition) is 4. The topological polar surface area (TPSA) is 77.8 Å². The van der Waals surface area contributed by atoms with Crippen molar-refractivity contribution in [3.05, 3.63) is 52.4 Å². The molecule has 0 saturated heterocycles. The first-order chi connectivity index (χ1) is 10.0. The van der Waals surface area contributed by atoms with Crippen molar-refractivity contribution in [3.63, 3.8) is 0 Å². The fourth-order valence-corrected chi connectivity index (χ4v) is 1.92. The van der Waals surface area contributed by atoms with Crippen LogP contribution in [0.1, 0.15) is 15.9 Å². The zero-order chi connectivity index (χ0) is 15.4. The van der Waals surface area contributed by atoms with Crippen molar-refractivity contribution < 1.29 is 9.18 Å². The van der Waals surface area contributed by atoms with Gasteiger partial charge in [0.25, 0.3) is 5.91 Å². The smallest absolute Gasteiger partial charge is 0.257 e. The third-order valence-electron chi connectivity index (χ3n) is 2.69. The molecule has 106 valence electrons. The molecule has 0 fully saturated rings. The normalized spacial score (nSPS) is 9.81. The Morgan fingerprint density at radius 2 is 2.19 bits per heavy atom.